The van der Waals surface area contributed by atoms with Gasteiger partial charge in [-0.1, -0.05) is 0 Å². The number of benzene rings is 1. The van der Waals surface area contributed by atoms with Crippen LogP contribution in [0.3, 0.4) is 0 Å². The lowest BCUT2D eigenvalue weighted by Gasteiger charge is -2.00. The smallest absolute Gasteiger partial charge is 0.339 e. The summed E-state index contributed by atoms with van der Waals surface area (Å²) in [4.78, 5) is 20.6. The van der Waals surface area contributed by atoms with Crippen LogP contribution in [0.2, 0.25) is 0 Å². The van der Waals surface area contributed by atoms with Crippen molar-refractivity contribution in [2.75, 3.05) is 0 Å². The molecular formula is C8H5FO4. The minimum atomic E-state index is -1.49. The molecule has 4 nitrogen and oxygen atoms in total. The molecule has 68 valence electrons. The van der Waals surface area contributed by atoms with Gasteiger partial charge in [-0.15, -0.1) is 0 Å². The predicted octanol–water partition coefficient (Wildman–Crippen LogP) is 1.04. The second-order valence-corrected chi connectivity index (χ2v) is 2.32. The number of carbonyl (C=O) groups excluding carboxylic acids is 1. The van der Waals surface area contributed by atoms with E-state index in [1.165, 1.54) is 0 Å². The third kappa shape index (κ3) is 1.64. The monoisotopic (exact) mass is 184 g/mol. The van der Waals surface area contributed by atoms with Crippen molar-refractivity contribution >= 4 is 12.3 Å². The van der Waals surface area contributed by atoms with Crippen LogP contribution in [0.5, 0.6) is 5.75 Å². The molecule has 0 atom stereocenters. The fourth-order valence-corrected chi connectivity index (χ4v) is 0.851. The van der Waals surface area contributed by atoms with Gasteiger partial charge in [-0.25, -0.2) is 9.18 Å². The van der Waals surface area contributed by atoms with Crippen LogP contribution in [0.4, 0.5) is 4.39 Å². The van der Waals surface area contributed by atoms with E-state index in [2.05, 4.69) is 0 Å². The zero-order valence-electron chi connectivity index (χ0n) is 6.32. The molecule has 0 aliphatic rings. The molecule has 0 bridgehead atoms. The number of aldehydes is 1. The Balaban J connectivity index is 3.41. The van der Waals surface area contributed by atoms with Gasteiger partial charge in [0.15, 0.2) is 11.6 Å². The summed E-state index contributed by atoms with van der Waals surface area (Å²) in [5, 5.41) is 17.4. The first-order valence-corrected chi connectivity index (χ1v) is 3.27. The molecule has 5 heteroatoms. The van der Waals surface area contributed by atoms with Gasteiger partial charge < -0.3 is 10.2 Å². The molecule has 0 unspecified atom stereocenters. The zero-order valence-corrected chi connectivity index (χ0v) is 6.32. The Morgan fingerprint density at radius 2 is 2.08 bits per heavy atom. The van der Waals surface area contributed by atoms with E-state index >= 15 is 0 Å². The van der Waals surface area contributed by atoms with Crippen LogP contribution in [0.1, 0.15) is 20.7 Å². The molecule has 0 aliphatic heterocycles. The molecule has 2 N–H and O–H groups in total. The highest BCUT2D eigenvalue weighted by Crippen LogP contribution is 2.22. The van der Waals surface area contributed by atoms with E-state index in [1.807, 2.05) is 0 Å². The first kappa shape index (κ1) is 9.18. The summed E-state index contributed by atoms with van der Waals surface area (Å²) in [6.07, 6.45) is 0.301. The van der Waals surface area contributed by atoms with Crippen LogP contribution in [0.15, 0.2) is 12.1 Å². The Labute approximate surface area is 72.2 Å². The van der Waals surface area contributed by atoms with Crippen molar-refractivity contribution in [1.82, 2.24) is 0 Å². The molecule has 0 aliphatic carbocycles. The van der Waals surface area contributed by atoms with Crippen molar-refractivity contribution in [1.29, 1.82) is 0 Å². The Morgan fingerprint density at radius 3 is 2.54 bits per heavy atom. The first-order chi connectivity index (χ1) is 6.06. The third-order valence-electron chi connectivity index (χ3n) is 1.45. The molecule has 1 aromatic rings. The fourth-order valence-electron chi connectivity index (χ4n) is 0.851. The summed E-state index contributed by atoms with van der Waals surface area (Å²) in [5.41, 5.74) is -0.755. The topological polar surface area (TPSA) is 74.6 Å². The molecule has 1 aromatic carbocycles. The lowest BCUT2D eigenvalue weighted by molar-refractivity contribution is 0.0692. The number of aromatic carboxylic acids is 1. The van der Waals surface area contributed by atoms with Crippen LogP contribution in [0.25, 0.3) is 0 Å². The highest BCUT2D eigenvalue weighted by molar-refractivity contribution is 5.93. The van der Waals surface area contributed by atoms with E-state index in [0.717, 1.165) is 12.1 Å². The second kappa shape index (κ2) is 3.22. The van der Waals surface area contributed by atoms with Gasteiger partial charge in [-0.3, -0.25) is 4.79 Å². The SMILES string of the molecule is O=Cc1cc(F)c(O)c(C(=O)O)c1. The maximum absolute atomic E-state index is 12.7. The number of phenols is 1. The number of aromatic hydroxyl groups is 1. The molecule has 13 heavy (non-hydrogen) atoms. The number of carboxylic acids is 1. The maximum Gasteiger partial charge on any atom is 0.339 e. The molecule has 0 saturated carbocycles. The predicted molar refractivity (Wildman–Crippen MR) is 40.4 cm³/mol. The summed E-state index contributed by atoms with van der Waals surface area (Å²) in [5.74, 6) is -3.57. The highest BCUT2D eigenvalue weighted by Gasteiger charge is 2.14. The summed E-state index contributed by atoms with van der Waals surface area (Å²) < 4.78 is 12.7. The van der Waals surface area contributed by atoms with Crippen molar-refractivity contribution in [3.8, 4) is 5.75 Å². The molecule has 1 rings (SSSR count). The normalized spacial score (nSPS) is 9.62. The number of halogens is 1. The van der Waals surface area contributed by atoms with E-state index in [4.69, 9.17) is 10.2 Å². The molecule has 0 heterocycles. The van der Waals surface area contributed by atoms with E-state index < -0.39 is 23.1 Å². The maximum atomic E-state index is 12.7. The number of hydrogen-bond donors (Lipinski definition) is 2. The van der Waals surface area contributed by atoms with Crippen molar-refractivity contribution in [3.63, 3.8) is 0 Å². The highest BCUT2D eigenvalue weighted by atomic mass is 19.1. The average Bonchev–Trinajstić information content (AvgIpc) is 2.09. The standard InChI is InChI=1S/C8H5FO4/c9-6-2-4(3-10)1-5(7(6)11)8(12)13/h1-3,11H,(H,12,13). The van der Waals surface area contributed by atoms with E-state index in [-0.39, 0.29) is 5.56 Å². The second-order valence-electron chi connectivity index (χ2n) is 2.32. The van der Waals surface area contributed by atoms with Crippen molar-refractivity contribution in [2.24, 2.45) is 0 Å². The van der Waals surface area contributed by atoms with Gasteiger partial charge in [-0.2, -0.15) is 0 Å². The zero-order chi connectivity index (χ0) is 10.0. The average molecular weight is 184 g/mol. The molecule has 0 saturated heterocycles. The molecule has 0 spiro atoms. The van der Waals surface area contributed by atoms with Gasteiger partial charge in [-0.05, 0) is 12.1 Å². The third-order valence-corrected chi connectivity index (χ3v) is 1.45. The van der Waals surface area contributed by atoms with Crippen LogP contribution in [-0.4, -0.2) is 22.5 Å². The number of carboxylic acid groups (broad SMARTS) is 1. The van der Waals surface area contributed by atoms with Gasteiger partial charge in [0.1, 0.15) is 11.8 Å². The van der Waals surface area contributed by atoms with Crippen LogP contribution in [-0.2, 0) is 0 Å². The summed E-state index contributed by atoms with van der Waals surface area (Å²) >= 11 is 0. The molecule has 0 fully saturated rings. The van der Waals surface area contributed by atoms with Crippen molar-refractivity contribution in [3.05, 3.63) is 29.1 Å². The first-order valence-electron chi connectivity index (χ1n) is 3.27. The lowest BCUT2D eigenvalue weighted by atomic mass is 10.1. The summed E-state index contributed by atoms with van der Waals surface area (Å²) in [7, 11) is 0. The Bertz CT molecular complexity index is 373. The van der Waals surface area contributed by atoms with E-state index in [0.29, 0.717) is 6.29 Å². The molecule has 0 radical (unpaired) electrons. The number of hydrogen-bond acceptors (Lipinski definition) is 3. The van der Waals surface area contributed by atoms with Gasteiger partial charge in [0.05, 0.1) is 0 Å². The summed E-state index contributed by atoms with van der Waals surface area (Å²) in [6.45, 7) is 0. The number of rotatable bonds is 2. The molecular weight excluding hydrogens is 179 g/mol. The summed E-state index contributed by atoms with van der Waals surface area (Å²) in [6, 6.07) is 1.66. The minimum Gasteiger partial charge on any atom is -0.504 e. The van der Waals surface area contributed by atoms with Crippen LogP contribution < -0.4 is 0 Å². The van der Waals surface area contributed by atoms with Gasteiger partial charge in [0.2, 0.25) is 0 Å². The Morgan fingerprint density at radius 1 is 1.46 bits per heavy atom. The molecule has 0 amide bonds. The fraction of sp³-hybridized carbons (Fsp3) is 0. The van der Waals surface area contributed by atoms with E-state index in [1.54, 1.807) is 0 Å². The Kier molecular flexibility index (Phi) is 2.27. The Hall–Kier alpha value is -1.91. The minimum absolute atomic E-state index is 0.132. The van der Waals surface area contributed by atoms with Gasteiger partial charge >= 0.3 is 5.97 Å². The van der Waals surface area contributed by atoms with Gasteiger partial charge in [0.25, 0.3) is 0 Å². The van der Waals surface area contributed by atoms with Crippen LogP contribution >= 0.6 is 0 Å². The molecule has 0 aromatic heterocycles. The van der Waals surface area contributed by atoms with E-state index in [9.17, 15) is 14.0 Å². The quantitative estimate of drug-likeness (QED) is 0.673. The van der Waals surface area contributed by atoms with Crippen molar-refractivity contribution < 1.29 is 24.2 Å². The van der Waals surface area contributed by atoms with Crippen LogP contribution in [0, 0.1) is 5.82 Å². The lowest BCUT2D eigenvalue weighted by Crippen LogP contribution is -2.00. The van der Waals surface area contributed by atoms with Gasteiger partial charge in [0, 0.05) is 5.56 Å². The largest absolute Gasteiger partial charge is 0.504 e. The van der Waals surface area contributed by atoms with Crippen molar-refractivity contribution in [2.45, 2.75) is 0 Å². The number of carbonyl (C=O) groups is 2.